The Bertz CT molecular complexity index is 654. The van der Waals surface area contributed by atoms with Crippen LogP contribution >= 0.6 is 0 Å². The van der Waals surface area contributed by atoms with Crippen LogP contribution in [0.4, 0.5) is 5.69 Å². The minimum absolute atomic E-state index is 0.109. The molecule has 0 saturated heterocycles. The van der Waals surface area contributed by atoms with Crippen LogP contribution in [0.3, 0.4) is 0 Å². The molecule has 1 aliphatic carbocycles. The standard InChI is InChI=1S/C18H19N/c1-18(2)14-7-4-3-6-12(14)13-10-11-19-16-9-5-8-15(18)17(13)16/h3-9,13,19H,10-11H2,1-2H3. The monoisotopic (exact) mass is 249 g/mol. The van der Waals surface area contributed by atoms with E-state index < -0.39 is 0 Å². The van der Waals surface area contributed by atoms with Crippen molar-refractivity contribution in [2.75, 3.05) is 11.9 Å². The van der Waals surface area contributed by atoms with E-state index in [1.807, 2.05) is 0 Å². The highest BCUT2D eigenvalue weighted by atomic mass is 14.9. The van der Waals surface area contributed by atoms with Gasteiger partial charge in [-0.3, -0.25) is 0 Å². The zero-order valence-corrected chi connectivity index (χ0v) is 11.5. The molecule has 19 heavy (non-hydrogen) atoms. The molecule has 1 heterocycles. The maximum atomic E-state index is 3.57. The van der Waals surface area contributed by atoms with Crippen molar-refractivity contribution in [3.63, 3.8) is 0 Å². The molecule has 96 valence electrons. The smallest absolute Gasteiger partial charge is 0.0382 e. The lowest BCUT2D eigenvalue weighted by Crippen LogP contribution is -2.32. The van der Waals surface area contributed by atoms with Crippen molar-refractivity contribution in [2.45, 2.75) is 31.6 Å². The lowest BCUT2D eigenvalue weighted by Gasteiger charge is -2.42. The van der Waals surface area contributed by atoms with Crippen LogP contribution in [-0.4, -0.2) is 6.54 Å². The van der Waals surface area contributed by atoms with Crippen LogP contribution in [0.1, 0.15) is 48.4 Å². The maximum absolute atomic E-state index is 3.57. The van der Waals surface area contributed by atoms with Crippen molar-refractivity contribution in [2.24, 2.45) is 0 Å². The number of rotatable bonds is 0. The molecule has 0 spiro atoms. The second kappa shape index (κ2) is 3.63. The van der Waals surface area contributed by atoms with E-state index in [1.165, 1.54) is 34.4 Å². The van der Waals surface area contributed by atoms with Crippen LogP contribution in [0.5, 0.6) is 0 Å². The minimum atomic E-state index is 0.109. The molecule has 2 aromatic rings. The van der Waals surface area contributed by atoms with Gasteiger partial charge in [0.05, 0.1) is 0 Å². The van der Waals surface area contributed by atoms with Gasteiger partial charge in [-0.1, -0.05) is 50.2 Å². The fraction of sp³-hybridized carbons (Fsp3) is 0.333. The normalized spacial score (nSPS) is 22.1. The largest absolute Gasteiger partial charge is 0.385 e. The third kappa shape index (κ3) is 1.36. The second-order valence-corrected chi connectivity index (χ2v) is 6.25. The minimum Gasteiger partial charge on any atom is -0.385 e. The van der Waals surface area contributed by atoms with Gasteiger partial charge in [0.25, 0.3) is 0 Å². The van der Waals surface area contributed by atoms with Gasteiger partial charge in [0.15, 0.2) is 0 Å². The molecule has 0 fully saturated rings. The molecule has 1 N–H and O–H groups in total. The zero-order valence-electron chi connectivity index (χ0n) is 11.5. The molecule has 1 unspecified atom stereocenters. The Balaban J connectivity index is 2.08. The third-order valence-electron chi connectivity index (χ3n) is 4.89. The highest BCUT2D eigenvalue weighted by molar-refractivity contribution is 5.67. The quantitative estimate of drug-likeness (QED) is 0.735. The van der Waals surface area contributed by atoms with E-state index in [0.29, 0.717) is 5.92 Å². The molecular weight excluding hydrogens is 230 g/mol. The van der Waals surface area contributed by atoms with Gasteiger partial charge in [-0.25, -0.2) is 0 Å². The molecule has 1 nitrogen and oxygen atoms in total. The first-order valence-corrected chi connectivity index (χ1v) is 7.16. The van der Waals surface area contributed by atoms with Gasteiger partial charge in [-0.15, -0.1) is 0 Å². The molecule has 0 amide bonds. The number of anilines is 1. The number of hydrogen-bond donors (Lipinski definition) is 1. The molecule has 2 aromatic carbocycles. The maximum Gasteiger partial charge on any atom is 0.0382 e. The van der Waals surface area contributed by atoms with Gasteiger partial charge < -0.3 is 5.32 Å². The van der Waals surface area contributed by atoms with Crippen LogP contribution in [0.15, 0.2) is 42.5 Å². The molecule has 1 atom stereocenters. The van der Waals surface area contributed by atoms with Gasteiger partial charge in [-0.2, -0.15) is 0 Å². The van der Waals surface area contributed by atoms with Crippen LogP contribution in [0.2, 0.25) is 0 Å². The van der Waals surface area contributed by atoms with Crippen molar-refractivity contribution in [1.82, 2.24) is 0 Å². The van der Waals surface area contributed by atoms with E-state index in [9.17, 15) is 0 Å². The fourth-order valence-corrected chi connectivity index (χ4v) is 3.96. The summed E-state index contributed by atoms with van der Waals surface area (Å²) in [6, 6.07) is 15.7. The first-order chi connectivity index (χ1) is 9.19. The fourth-order valence-electron chi connectivity index (χ4n) is 3.96. The summed E-state index contributed by atoms with van der Waals surface area (Å²) in [5.74, 6) is 0.580. The van der Waals surface area contributed by atoms with E-state index in [0.717, 1.165) is 6.54 Å². The molecule has 0 saturated carbocycles. The number of fused-ring (bicyclic) bond motifs is 2. The number of nitrogens with one attached hydrogen (secondary N) is 1. The summed E-state index contributed by atoms with van der Waals surface area (Å²) in [5, 5.41) is 3.57. The number of hydrogen-bond acceptors (Lipinski definition) is 1. The van der Waals surface area contributed by atoms with Crippen LogP contribution in [0, 0.1) is 0 Å². The van der Waals surface area contributed by atoms with E-state index >= 15 is 0 Å². The molecular formula is C18H19N. The van der Waals surface area contributed by atoms with E-state index in [2.05, 4.69) is 61.6 Å². The van der Waals surface area contributed by atoms with Crippen molar-refractivity contribution >= 4 is 5.69 Å². The van der Waals surface area contributed by atoms with Crippen molar-refractivity contribution in [3.05, 3.63) is 64.7 Å². The third-order valence-corrected chi connectivity index (χ3v) is 4.89. The summed E-state index contributed by atoms with van der Waals surface area (Å²) < 4.78 is 0. The van der Waals surface area contributed by atoms with E-state index in [-0.39, 0.29) is 5.41 Å². The highest BCUT2D eigenvalue weighted by Crippen LogP contribution is 2.51. The summed E-state index contributed by atoms with van der Waals surface area (Å²) in [6.45, 7) is 5.79. The summed E-state index contributed by atoms with van der Waals surface area (Å²) in [6.07, 6.45) is 1.21. The predicted octanol–water partition coefficient (Wildman–Crippen LogP) is 4.27. The van der Waals surface area contributed by atoms with Gasteiger partial charge in [0, 0.05) is 23.6 Å². The molecule has 1 heteroatoms. The van der Waals surface area contributed by atoms with E-state index in [4.69, 9.17) is 0 Å². The lowest BCUT2D eigenvalue weighted by atomic mass is 9.63. The van der Waals surface area contributed by atoms with Gasteiger partial charge in [-0.05, 0) is 34.7 Å². The summed E-state index contributed by atoms with van der Waals surface area (Å²) >= 11 is 0. The van der Waals surface area contributed by atoms with Gasteiger partial charge in [0.1, 0.15) is 0 Å². The molecule has 0 aromatic heterocycles. The molecule has 2 aliphatic rings. The molecule has 1 aliphatic heterocycles. The summed E-state index contributed by atoms with van der Waals surface area (Å²) in [5.41, 5.74) is 7.53. The van der Waals surface area contributed by atoms with Crippen molar-refractivity contribution in [3.8, 4) is 0 Å². The van der Waals surface area contributed by atoms with Crippen LogP contribution < -0.4 is 5.32 Å². The number of benzene rings is 2. The Morgan fingerprint density at radius 3 is 2.68 bits per heavy atom. The first kappa shape index (κ1) is 11.1. The summed E-state index contributed by atoms with van der Waals surface area (Å²) in [7, 11) is 0. The van der Waals surface area contributed by atoms with Gasteiger partial charge >= 0.3 is 0 Å². The lowest BCUT2D eigenvalue weighted by molar-refractivity contribution is 0.564. The highest BCUT2D eigenvalue weighted by Gasteiger charge is 2.39. The Kier molecular flexibility index (Phi) is 2.12. The zero-order chi connectivity index (χ0) is 13.0. The Hall–Kier alpha value is -1.76. The SMILES string of the molecule is CC1(C)c2ccccc2C2CCNc3cccc1c32. The predicted molar refractivity (Wildman–Crippen MR) is 80.0 cm³/mol. The Morgan fingerprint density at radius 1 is 1.00 bits per heavy atom. The van der Waals surface area contributed by atoms with Crippen molar-refractivity contribution < 1.29 is 0 Å². The average Bonchev–Trinajstić information content (AvgIpc) is 2.45. The van der Waals surface area contributed by atoms with Gasteiger partial charge in [0.2, 0.25) is 0 Å². The molecule has 4 rings (SSSR count). The molecule has 0 bridgehead atoms. The van der Waals surface area contributed by atoms with Crippen LogP contribution in [0.25, 0.3) is 0 Å². The Labute approximate surface area is 114 Å². The first-order valence-electron chi connectivity index (χ1n) is 7.16. The average molecular weight is 249 g/mol. The Morgan fingerprint density at radius 2 is 1.79 bits per heavy atom. The van der Waals surface area contributed by atoms with Crippen LogP contribution in [-0.2, 0) is 5.41 Å². The van der Waals surface area contributed by atoms with E-state index in [1.54, 1.807) is 0 Å². The molecule has 0 radical (unpaired) electrons. The van der Waals surface area contributed by atoms with Crippen molar-refractivity contribution in [1.29, 1.82) is 0 Å². The second-order valence-electron chi connectivity index (χ2n) is 6.25. The topological polar surface area (TPSA) is 12.0 Å². The summed E-state index contributed by atoms with van der Waals surface area (Å²) in [4.78, 5) is 0.